The first kappa shape index (κ1) is 16.0. The maximum atomic E-state index is 11.8. The molecule has 0 saturated carbocycles. The first-order valence-corrected chi connectivity index (χ1v) is 7.36. The number of esters is 1. The second-order valence-electron chi connectivity index (χ2n) is 5.16. The average molecular weight is 328 g/mol. The highest BCUT2D eigenvalue weighted by Crippen LogP contribution is 2.27. The van der Waals surface area contributed by atoms with E-state index in [0.717, 1.165) is 6.08 Å². The van der Waals surface area contributed by atoms with Crippen molar-refractivity contribution >= 4 is 17.0 Å². The van der Waals surface area contributed by atoms with Gasteiger partial charge in [-0.2, -0.15) is 10.5 Å². The number of fused-ring (bicyclic) bond motifs is 1. The summed E-state index contributed by atoms with van der Waals surface area (Å²) in [6.07, 6.45) is 1.70. The second-order valence-corrected chi connectivity index (χ2v) is 5.16. The predicted octanol–water partition coefficient (Wildman–Crippen LogP) is 3.06. The zero-order valence-corrected chi connectivity index (χ0v) is 13.1. The van der Waals surface area contributed by atoms with Crippen LogP contribution in [0.1, 0.15) is 22.9 Å². The number of nitriles is 2. The van der Waals surface area contributed by atoms with E-state index in [1.54, 1.807) is 47.0 Å². The molecule has 25 heavy (non-hydrogen) atoms. The summed E-state index contributed by atoms with van der Waals surface area (Å²) in [6.45, 7) is 3.42. The van der Waals surface area contributed by atoms with Gasteiger partial charge in [0, 0.05) is 11.6 Å². The number of imidazole rings is 1. The number of carbonyl (C=O) groups is 1. The number of carbonyl (C=O) groups excluding carboxylic acids is 1. The van der Waals surface area contributed by atoms with Gasteiger partial charge in [0.05, 0.1) is 40.6 Å². The summed E-state index contributed by atoms with van der Waals surface area (Å²) in [5, 5.41) is 18.4. The third-order valence-electron chi connectivity index (χ3n) is 3.70. The molecular weight excluding hydrogens is 316 g/mol. The highest BCUT2D eigenvalue weighted by molar-refractivity contribution is 5.82. The van der Waals surface area contributed by atoms with Gasteiger partial charge in [-0.05, 0) is 24.3 Å². The summed E-state index contributed by atoms with van der Waals surface area (Å²) in [6, 6.07) is 16.1. The van der Waals surface area contributed by atoms with Crippen LogP contribution in [0.5, 0.6) is 0 Å². The van der Waals surface area contributed by atoms with Gasteiger partial charge in [0.1, 0.15) is 0 Å². The Labute approximate surface area is 143 Å². The van der Waals surface area contributed by atoms with E-state index in [9.17, 15) is 10.1 Å². The van der Waals surface area contributed by atoms with E-state index >= 15 is 0 Å². The fourth-order valence-corrected chi connectivity index (χ4v) is 2.53. The molecule has 1 atom stereocenters. The molecule has 1 heterocycles. The van der Waals surface area contributed by atoms with Crippen molar-refractivity contribution in [3.63, 3.8) is 0 Å². The summed E-state index contributed by atoms with van der Waals surface area (Å²) in [7, 11) is 0. The molecule has 0 bridgehead atoms. The minimum atomic E-state index is -0.876. The Morgan fingerprint density at radius 3 is 2.76 bits per heavy atom. The topological polar surface area (TPSA) is 91.7 Å². The van der Waals surface area contributed by atoms with E-state index in [0.29, 0.717) is 27.7 Å². The highest BCUT2D eigenvalue weighted by atomic mass is 16.6. The average Bonchev–Trinajstić information content (AvgIpc) is 3.08. The number of benzene rings is 2. The first-order valence-electron chi connectivity index (χ1n) is 7.36. The standard InChI is InChI=1S/C19H12N4O2/c1-2-18(24)25-19(15-6-4-3-5-14(15)11-21)23-12-22-16-9-13(10-20)7-8-17(16)23/h2-9,12,19H,1H2. The van der Waals surface area contributed by atoms with Crippen molar-refractivity contribution in [3.05, 3.63) is 78.1 Å². The van der Waals surface area contributed by atoms with Gasteiger partial charge in [-0.3, -0.25) is 4.57 Å². The van der Waals surface area contributed by atoms with Crippen molar-refractivity contribution in [3.8, 4) is 12.1 Å². The van der Waals surface area contributed by atoms with Gasteiger partial charge in [0.25, 0.3) is 0 Å². The lowest BCUT2D eigenvalue weighted by atomic mass is 10.1. The minimum absolute atomic E-state index is 0.389. The van der Waals surface area contributed by atoms with Crippen molar-refractivity contribution in [1.82, 2.24) is 9.55 Å². The van der Waals surface area contributed by atoms with Crippen LogP contribution in [0.3, 0.4) is 0 Å². The molecule has 2 aromatic carbocycles. The molecule has 0 N–H and O–H groups in total. The SMILES string of the molecule is C=CC(=O)OC(c1ccccc1C#N)n1cnc2cc(C#N)ccc21. The van der Waals surface area contributed by atoms with E-state index < -0.39 is 12.2 Å². The Kier molecular flexibility index (Phi) is 4.28. The molecule has 3 aromatic rings. The van der Waals surface area contributed by atoms with Crippen molar-refractivity contribution in [2.75, 3.05) is 0 Å². The van der Waals surface area contributed by atoms with Gasteiger partial charge in [0.2, 0.25) is 6.23 Å². The molecular formula is C19H12N4O2. The maximum absolute atomic E-state index is 11.8. The third kappa shape index (κ3) is 2.97. The van der Waals surface area contributed by atoms with Gasteiger partial charge in [0.15, 0.2) is 0 Å². The molecule has 0 radical (unpaired) electrons. The van der Waals surface area contributed by atoms with Gasteiger partial charge in [-0.25, -0.2) is 9.78 Å². The van der Waals surface area contributed by atoms with Crippen LogP contribution in [0, 0.1) is 22.7 Å². The van der Waals surface area contributed by atoms with E-state index in [2.05, 4.69) is 23.7 Å². The van der Waals surface area contributed by atoms with E-state index in [1.807, 2.05) is 0 Å². The Hall–Kier alpha value is -3.90. The van der Waals surface area contributed by atoms with Gasteiger partial charge in [-0.15, -0.1) is 0 Å². The van der Waals surface area contributed by atoms with E-state index in [-0.39, 0.29) is 0 Å². The number of hydrogen-bond acceptors (Lipinski definition) is 5. The smallest absolute Gasteiger partial charge is 0.332 e. The molecule has 0 fully saturated rings. The normalized spacial score (nSPS) is 11.3. The molecule has 1 aromatic heterocycles. The number of hydrogen-bond donors (Lipinski definition) is 0. The van der Waals surface area contributed by atoms with E-state index in [1.165, 1.54) is 6.33 Å². The molecule has 6 nitrogen and oxygen atoms in total. The zero-order valence-electron chi connectivity index (χ0n) is 13.1. The van der Waals surface area contributed by atoms with Crippen molar-refractivity contribution in [2.45, 2.75) is 6.23 Å². The Bertz CT molecular complexity index is 1050. The maximum Gasteiger partial charge on any atom is 0.332 e. The lowest BCUT2D eigenvalue weighted by Gasteiger charge is -2.20. The largest absolute Gasteiger partial charge is 0.434 e. The van der Waals surface area contributed by atoms with Crippen LogP contribution < -0.4 is 0 Å². The molecule has 6 heteroatoms. The fourth-order valence-electron chi connectivity index (χ4n) is 2.53. The van der Waals surface area contributed by atoms with Crippen molar-refractivity contribution in [1.29, 1.82) is 10.5 Å². The van der Waals surface area contributed by atoms with Gasteiger partial charge >= 0.3 is 5.97 Å². The summed E-state index contributed by atoms with van der Waals surface area (Å²) in [5.41, 5.74) is 2.67. The first-order chi connectivity index (χ1) is 12.2. The Morgan fingerprint density at radius 2 is 2.04 bits per heavy atom. The molecule has 0 saturated heterocycles. The zero-order chi connectivity index (χ0) is 17.8. The van der Waals surface area contributed by atoms with Crippen LogP contribution in [-0.4, -0.2) is 15.5 Å². The van der Waals surface area contributed by atoms with Gasteiger partial charge in [-0.1, -0.05) is 24.8 Å². The molecule has 1 unspecified atom stereocenters. The summed E-state index contributed by atoms with van der Waals surface area (Å²) < 4.78 is 7.13. The van der Waals surface area contributed by atoms with Crippen molar-refractivity contribution in [2.24, 2.45) is 0 Å². The number of nitrogens with zero attached hydrogens (tertiary/aromatic N) is 4. The van der Waals surface area contributed by atoms with Crippen LogP contribution in [0.25, 0.3) is 11.0 Å². The van der Waals surface area contributed by atoms with Crippen LogP contribution in [0.2, 0.25) is 0 Å². The second kappa shape index (κ2) is 6.69. The minimum Gasteiger partial charge on any atom is -0.434 e. The predicted molar refractivity (Wildman–Crippen MR) is 90.0 cm³/mol. The van der Waals surface area contributed by atoms with Crippen LogP contribution in [0.4, 0.5) is 0 Å². The highest BCUT2D eigenvalue weighted by Gasteiger charge is 2.22. The molecule has 0 aliphatic heterocycles. The van der Waals surface area contributed by atoms with Crippen LogP contribution in [0.15, 0.2) is 61.4 Å². The Morgan fingerprint density at radius 1 is 1.24 bits per heavy atom. The van der Waals surface area contributed by atoms with Crippen LogP contribution in [-0.2, 0) is 9.53 Å². The van der Waals surface area contributed by atoms with Crippen LogP contribution >= 0.6 is 0 Å². The van der Waals surface area contributed by atoms with E-state index in [4.69, 9.17) is 10.00 Å². The molecule has 0 aliphatic rings. The molecule has 0 aliphatic carbocycles. The Balaban J connectivity index is 2.19. The fraction of sp³-hybridized carbons (Fsp3) is 0.0526. The molecule has 0 spiro atoms. The third-order valence-corrected chi connectivity index (χ3v) is 3.70. The molecule has 0 amide bonds. The van der Waals surface area contributed by atoms with Gasteiger partial charge < -0.3 is 4.74 Å². The summed E-state index contributed by atoms with van der Waals surface area (Å²) in [5.74, 6) is -0.617. The number of rotatable bonds is 4. The summed E-state index contributed by atoms with van der Waals surface area (Å²) >= 11 is 0. The van der Waals surface area contributed by atoms with Crippen molar-refractivity contribution < 1.29 is 9.53 Å². The summed E-state index contributed by atoms with van der Waals surface area (Å²) in [4.78, 5) is 16.1. The quantitative estimate of drug-likeness (QED) is 0.542. The number of aromatic nitrogens is 2. The molecule has 3 rings (SSSR count). The number of ether oxygens (including phenoxy) is 1. The monoisotopic (exact) mass is 328 g/mol. The lowest BCUT2D eigenvalue weighted by molar-refractivity contribution is -0.144. The lowest BCUT2D eigenvalue weighted by Crippen LogP contribution is -2.18. The molecule has 120 valence electrons.